The molecule has 1 atom stereocenters. The zero-order chi connectivity index (χ0) is 16.9. The van der Waals surface area contributed by atoms with Crippen molar-refractivity contribution in [2.45, 2.75) is 51.6 Å². The van der Waals surface area contributed by atoms with E-state index in [-0.39, 0.29) is 6.03 Å². The lowest BCUT2D eigenvalue weighted by molar-refractivity contribution is 0.202. The molecule has 1 aliphatic carbocycles. The van der Waals surface area contributed by atoms with Crippen molar-refractivity contribution in [3.8, 4) is 0 Å². The molecule has 1 aliphatic heterocycles. The minimum absolute atomic E-state index is 0.000584. The summed E-state index contributed by atoms with van der Waals surface area (Å²) in [5.74, 6) is 0.597. The molecular weight excluding hydrogens is 300 g/mol. The summed E-state index contributed by atoms with van der Waals surface area (Å²) in [6, 6.07) is 4.76. The van der Waals surface area contributed by atoms with Crippen molar-refractivity contribution in [3.63, 3.8) is 0 Å². The summed E-state index contributed by atoms with van der Waals surface area (Å²) in [5.41, 5.74) is 2.09. The van der Waals surface area contributed by atoms with Crippen LogP contribution in [0.2, 0.25) is 0 Å². The molecule has 0 bridgehead atoms. The van der Waals surface area contributed by atoms with Gasteiger partial charge in [-0.05, 0) is 50.3 Å². The third-order valence-corrected chi connectivity index (χ3v) is 5.55. The minimum Gasteiger partial charge on any atom is -0.338 e. The van der Waals surface area contributed by atoms with Crippen LogP contribution in [0.5, 0.6) is 0 Å². The monoisotopic (exact) mass is 330 g/mol. The summed E-state index contributed by atoms with van der Waals surface area (Å²) in [4.78, 5) is 21.1. The maximum Gasteiger partial charge on any atom is 0.317 e. The summed E-state index contributed by atoms with van der Waals surface area (Å²) < 4.78 is 0. The molecule has 1 aromatic rings. The fourth-order valence-electron chi connectivity index (χ4n) is 3.98. The third kappa shape index (κ3) is 4.26. The molecule has 2 fully saturated rings. The molecule has 1 N–H and O–H groups in total. The average Bonchev–Trinajstić information content (AvgIpc) is 3.25. The van der Waals surface area contributed by atoms with Gasteiger partial charge in [-0.25, -0.2) is 4.79 Å². The van der Waals surface area contributed by atoms with E-state index >= 15 is 0 Å². The van der Waals surface area contributed by atoms with Crippen LogP contribution in [0.15, 0.2) is 18.3 Å². The van der Waals surface area contributed by atoms with Gasteiger partial charge in [-0.3, -0.25) is 4.98 Å². The fourth-order valence-corrected chi connectivity index (χ4v) is 3.98. The summed E-state index contributed by atoms with van der Waals surface area (Å²) in [6.07, 6.45) is 8.50. The molecule has 2 aliphatic rings. The van der Waals surface area contributed by atoms with Gasteiger partial charge in [0.25, 0.3) is 0 Å². The van der Waals surface area contributed by atoms with Crippen molar-refractivity contribution >= 4 is 6.03 Å². The lowest BCUT2D eigenvalue weighted by atomic mass is 10.1. The number of hydrogen-bond donors (Lipinski definition) is 1. The molecular formula is C19H30N4O. The summed E-state index contributed by atoms with van der Waals surface area (Å²) in [7, 11) is 1.84. The second kappa shape index (κ2) is 7.97. The SMILES string of the molecule is Cc1cccnc1CN(C)C(=O)NC[C@@H]1CCN(C2CCCC2)C1. The number of pyridine rings is 1. The second-order valence-electron chi connectivity index (χ2n) is 7.40. The standard InChI is InChI=1S/C19H30N4O/c1-15-6-5-10-20-18(15)14-22(2)19(24)21-12-16-9-11-23(13-16)17-7-3-4-8-17/h5-6,10,16-17H,3-4,7-9,11-14H2,1-2H3,(H,21,24)/t16-/m0/s1. The van der Waals surface area contributed by atoms with Gasteiger partial charge in [0.05, 0.1) is 12.2 Å². The Kier molecular flexibility index (Phi) is 5.72. The van der Waals surface area contributed by atoms with Crippen molar-refractivity contribution in [3.05, 3.63) is 29.6 Å². The van der Waals surface area contributed by atoms with E-state index < -0.39 is 0 Å². The lowest BCUT2D eigenvalue weighted by Crippen LogP contribution is -2.40. The van der Waals surface area contributed by atoms with Crippen LogP contribution in [-0.2, 0) is 6.54 Å². The lowest BCUT2D eigenvalue weighted by Gasteiger charge is -2.24. The number of likely N-dealkylation sites (tertiary alicyclic amines) is 1. The van der Waals surface area contributed by atoms with Crippen LogP contribution in [0.3, 0.4) is 0 Å². The molecule has 132 valence electrons. The van der Waals surface area contributed by atoms with Crippen LogP contribution in [0.1, 0.15) is 43.4 Å². The first-order chi connectivity index (χ1) is 11.6. The van der Waals surface area contributed by atoms with E-state index in [0.29, 0.717) is 12.5 Å². The second-order valence-corrected chi connectivity index (χ2v) is 7.40. The van der Waals surface area contributed by atoms with Crippen LogP contribution in [0.4, 0.5) is 4.79 Å². The number of urea groups is 1. The van der Waals surface area contributed by atoms with Crippen LogP contribution in [-0.4, -0.2) is 53.5 Å². The van der Waals surface area contributed by atoms with Gasteiger partial charge in [0, 0.05) is 32.4 Å². The molecule has 0 spiro atoms. The van der Waals surface area contributed by atoms with Crippen LogP contribution < -0.4 is 5.32 Å². The van der Waals surface area contributed by atoms with Crippen molar-refractivity contribution < 1.29 is 4.79 Å². The van der Waals surface area contributed by atoms with Crippen LogP contribution in [0.25, 0.3) is 0 Å². The van der Waals surface area contributed by atoms with Crippen LogP contribution in [0, 0.1) is 12.8 Å². The molecule has 1 saturated heterocycles. The Labute approximate surface area is 145 Å². The summed E-state index contributed by atoms with van der Waals surface area (Å²) in [6.45, 7) is 5.72. The number of rotatable bonds is 5. The van der Waals surface area contributed by atoms with Crippen molar-refractivity contribution in [2.75, 3.05) is 26.7 Å². The molecule has 2 amide bonds. The Morgan fingerprint density at radius 1 is 1.38 bits per heavy atom. The molecule has 1 saturated carbocycles. The molecule has 3 rings (SSSR count). The molecule has 0 unspecified atom stereocenters. The maximum absolute atomic E-state index is 12.3. The number of aromatic nitrogens is 1. The Morgan fingerprint density at radius 3 is 2.92 bits per heavy atom. The summed E-state index contributed by atoms with van der Waals surface area (Å²) >= 11 is 0. The van der Waals surface area contributed by atoms with Gasteiger partial charge in [-0.1, -0.05) is 18.9 Å². The Bertz CT molecular complexity index is 556. The predicted octanol–water partition coefficient (Wildman–Crippen LogP) is 2.80. The first-order valence-electron chi connectivity index (χ1n) is 9.27. The Hall–Kier alpha value is -1.62. The summed E-state index contributed by atoms with van der Waals surface area (Å²) in [5, 5.41) is 3.11. The van der Waals surface area contributed by atoms with E-state index in [0.717, 1.165) is 30.4 Å². The average molecular weight is 330 g/mol. The van der Waals surface area contributed by atoms with Gasteiger partial charge in [0.1, 0.15) is 0 Å². The van der Waals surface area contributed by atoms with Gasteiger partial charge in [0.15, 0.2) is 0 Å². The van der Waals surface area contributed by atoms with E-state index in [4.69, 9.17) is 0 Å². The molecule has 2 heterocycles. The largest absolute Gasteiger partial charge is 0.338 e. The number of carbonyl (C=O) groups excluding carboxylic acids is 1. The molecule has 24 heavy (non-hydrogen) atoms. The first kappa shape index (κ1) is 17.2. The zero-order valence-electron chi connectivity index (χ0n) is 15.0. The van der Waals surface area contributed by atoms with E-state index in [1.54, 1.807) is 11.1 Å². The minimum atomic E-state index is -0.000584. The van der Waals surface area contributed by atoms with Gasteiger partial charge in [0.2, 0.25) is 0 Å². The van der Waals surface area contributed by atoms with E-state index in [1.165, 1.54) is 38.6 Å². The molecule has 5 nitrogen and oxygen atoms in total. The highest BCUT2D eigenvalue weighted by Crippen LogP contribution is 2.28. The number of hydrogen-bond acceptors (Lipinski definition) is 3. The molecule has 0 radical (unpaired) electrons. The Balaban J connectivity index is 1.41. The van der Waals surface area contributed by atoms with Gasteiger partial charge in [-0.2, -0.15) is 0 Å². The zero-order valence-corrected chi connectivity index (χ0v) is 15.0. The number of nitrogens with zero attached hydrogens (tertiary/aromatic N) is 3. The van der Waals surface area contributed by atoms with E-state index in [9.17, 15) is 4.79 Å². The van der Waals surface area contributed by atoms with Crippen molar-refractivity contribution in [1.29, 1.82) is 0 Å². The van der Waals surface area contributed by atoms with E-state index in [2.05, 4.69) is 15.2 Å². The van der Waals surface area contributed by atoms with Gasteiger partial charge < -0.3 is 15.1 Å². The topological polar surface area (TPSA) is 48.5 Å². The van der Waals surface area contributed by atoms with E-state index in [1.807, 2.05) is 26.1 Å². The number of aryl methyl sites for hydroxylation is 1. The molecule has 5 heteroatoms. The third-order valence-electron chi connectivity index (χ3n) is 5.55. The maximum atomic E-state index is 12.3. The highest BCUT2D eigenvalue weighted by Gasteiger charge is 2.30. The van der Waals surface area contributed by atoms with Crippen LogP contribution >= 0.6 is 0 Å². The highest BCUT2D eigenvalue weighted by atomic mass is 16.2. The molecule has 0 aromatic carbocycles. The van der Waals surface area contributed by atoms with Crippen molar-refractivity contribution in [2.24, 2.45) is 5.92 Å². The quantitative estimate of drug-likeness (QED) is 0.903. The normalized spacial score (nSPS) is 22.0. The number of carbonyl (C=O) groups is 1. The predicted molar refractivity (Wildman–Crippen MR) is 95.8 cm³/mol. The smallest absolute Gasteiger partial charge is 0.317 e. The fraction of sp³-hybridized carbons (Fsp3) is 0.684. The molecule has 1 aromatic heterocycles. The van der Waals surface area contributed by atoms with Gasteiger partial charge in [-0.15, -0.1) is 0 Å². The Morgan fingerprint density at radius 2 is 2.17 bits per heavy atom. The highest BCUT2D eigenvalue weighted by molar-refractivity contribution is 5.73. The first-order valence-corrected chi connectivity index (χ1v) is 9.27. The number of amides is 2. The number of nitrogens with one attached hydrogen (secondary N) is 1. The van der Waals surface area contributed by atoms with Crippen molar-refractivity contribution in [1.82, 2.24) is 20.1 Å². The van der Waals surface area contributed by atoms with Gasteiger partial charge >= 0.3 is 6.03 Å².